The largest absolute Gasteiger partial charge is 0.143 e. The Morgan fingerprint density at radius 3 is 2.13 bits per heavy atom. The zero-order valence-corrected chi connectivity index (χ0v) is 11.8. The molecule has 0 unspecified atom stereocenters. The highest BCUT2D eigenvalue weighted by Crippen LogP contribution is 2.46. The zero-order chi connectivity index (χ0) is 11.9. The molecule has 1 aliphatic carbocycles. The summed E-state index contributed by atoms with van der Waals surface area (Å²) >= 11 is 4.75. The van der Waals surface area contributed by atoms with Crippen molar-refractivity contribution < 1.29 is 0 Å². The number of hydrogen-bond donors (Lipinski definition) is 1. The number of hydrogen-bond acceptors (Lipinski definition) is 1. The average molecular weight is 222 g/mol. The monoisotopic (exact) mass is 222 g/mol. The van der Waals surface area contributed by atoms with Crippen molar-refractivity contribution in [3.05, 3.63) is 22.1 Å². The summed E-state index contributed by atoms with van der Waals surface area (Å²) in [6.07, 6.45) is 4.70. The van der Waals surface area contributed by atoms with Gasteiger partial charge in [0.1, 0.15) is 7.85 Å². The van der Waals surface area contributed by atoms with E-state index < -0.39 is 0 Å². The van der Waals surface area contributed by atoms with Crippen molar-refractivity contribution >= 4 is 20.5 Å². The summed E-state index contributed by atoms with van der Waals surface area (Å²) in [4.78, 5) is 1.24. The fraction of sp³-hybridized carbons (Fsp3) is 0.692. The van der Waals surface area contributed by atoms with E-state index in [4.69, 9.17) is 12.6 Å². The van der Waals surface area contributed by atoms with Crippen molar-refractivity contribution in [1.29, 1.82) is 0 Å². The Labute approximate surface area is 101 Å². The van der Waals surface area contributed by atoms with Gasteiger partial charge in [-0.3, -0.25) is 0 Å². The number of allylic oxidation sites excluding steroid dienone is 3. The lowest BCUT2D eigenvalue weighted by Gasteiger charge is -2.33. The van der Waals surface area contributed by atoms with Crippen molar-refractivity contribution in [3.63, 3.8) is 0 Å². The summed E-state index contributed by atoms with van der Waals surface area (Å²) in [7, 11) is 2.28. The van der Waals surface area contributed by atoms with Gasteiger partial charge in [-0.15, -0.1) is 12.6 Å². The van der Waals surface area contributed by atoms with E-state index in [9.17, 15) is 0 Å². The molecule has 2 heteroatoms. The first-order valence-corrected chi connectivity index (χ1v) is 6.22. The molecule has 1 rings (SSSR count). The molecule has 0 saturated heterocycles. The molecule has 1 aliphatic rings. The van der Waals surface area contributed by atoms with E-state index in [-0.39, 0.29) is 10.7 Å². The number of rotatable bonds is 1. The Morgan fingerprint density at radius 2 is 1.73 bits per heavy atom. The van der Waals surface area contributed by atoms with Gasteiger partial charge in [0.2, 0.25) is 0 Å². The van der Waals surface area contributed by atoms with Gasteiger partial charge >= 0.3 is 0 Å². The molecule has 0 aromatic rings. The molecule has 0 heterocycles. The molecule has 0 nitrogen and oxygen atoms in total. The van der Waals surface area contributed by atoms with Gasteiger partial charge in [-0.2, -0.15) is 0 Å². The lowest BCUT2D eigenvalue weighted by Crippen LogP contribution is -2.17. The van der Waals surface area contributed by atoms with Crippen LogP contribution in [0, 0.1) is 5.41 Å². The van der Waals surface area contributed by atoms with E-state index in [1.807, 2.05) is 0 Å². The van der Waals surface area contributed by atoms with E-state index in [0.717, 1.165) is 0 Å². The highest BCUT2D eigenvalue weighted by molar-refractivity contribution is 7.84. The van der Waals surface area contributed by atoms with Crippen LogP contribution in [0.1, 0.15) is 47.5 Å². The molecule has 0 N–H and O–H groups in total. The van der Waals surface area contributed by atoms with E-state index >= 15 is 0 Å². The third-order valence-electron chi connectivity index (χ3n) is 3.00. The van der Waals surface area contributed by atoms with Crippen LogP contribution in [0.2, 0.25) is 5.31 Å². The SMILES string of the molecule is BC(C)(C)C1=C(S)C(C(C)(C)C)=CCC1. The molecular weight excluding hydrogens is 199 g/mol. The molecule has 0 aromatic heterocycles. The second kappa shape index (κ2) is 4.05. The Hall–Kier alpha value is -0.105. The van der Waals surface area contributed by atoms with Gasteiger partial charge in [0.05, 0.1) is 0 Å². The molecule has 0 atom stereocenters. The molecule has 84 valence electrons. The van der Waals surface area contributed by atoms with Crippen LogP contribution in [-0.4, -0.2) is 7.85 Å². The van der Waals surface area contributed by atoms with Crippen molar-refractivity contribution in [3.8, 4) is 0 Å². The second-order valence-electron chi connectivity index (χ2n) is 6.48. The first-order valence-electron chi connectivity index (χ1n) is 5.77. The molecule has 0 bridgehead atoms. The van der Waals surface area contributed by atoms with Crippen molar-refractivity contribution in [2.24, 2.45) is 5.41 Å². The smallest absolute Gasteiger partial charge is 0.114 e. The number of thiol groups is 1. The van der Waals surface area contributed by atoms with Crippen molar-refractivity contribution in [1.82, 2.24) is 0 Å². The first-order chi connectivity index (χ1) is 6.64. The van der Waals surface area contributed by atoms with E-state index in [1.54, 1.807) is 0 Å². The highest BCUT2D eigenvalue weighted by Gasteiger charge is 2.28. The highest BCUT2D eigenvalue weighted by atomic mass is 32.1. The van der Waals surface area contributed by atoms with Gasteiger partial charge in [-0.05, 0) is 29.1 Å². The summed E-state index contributed by atoms with van der Waals surface area (Å²) in [6.45, 7) is 11.4. The maximum absolute atomic E-state index is 4.75. The van der Waals surface area contributed by atoms with Gasteiger partial charge in [-0.25, -0.2) is 0 Å². The van der Waals surface area contributed by atoms with Gasteiger partial charge in [-0.1, -0.05) is 46.3 Å². The van der Waals surface area contributed by atoms with Crippen LogP contribution >= 0.6 is 12.6 Å². The molecule has 0 aromatic carbocycles. The normalized spacial score (nSPS) is 19.2. The lowest BCUT2D eigenvalue weighted by molar-refractivity contribution is 0.506. The molecule has 0 fully saturated rings. The van der Waals surface area contributed by atoms with Crippen LogP contribution < -0.4 is 0 Å². The fourth-order valence-corrected chi connectivity index (χ4v) is 3.00. The van der Waals surface area contributed by atoms with Crippen LogP contribution in [0.4, 0.5) is 0 Å². The molecule has 0 amide bonds. The Morgan fingerprint density at radius 1 is 1.20 bits per heavy atom. The zero-order valence-electron chi connectivity index (χ0n) is 10.9. The first kappa shape index (κ1) is 13.0. The third-order valence-corrected chi connectivity index (χ3v) is 3.51. The maximum Gasteiger partial charge on any atom is 0.114 e. The minimum Gasteiger partial charge on any atom is -0.143 e. The van der Waals surface area contributed by atoms with Crippen molar-refractivity contribution in [2.75, 3.05) is 0 Å². The second-order valence-corrected chi connectivity index (χ2v) is 6.93. The van der Waals surface area contributed by atoms with Gasteiger partial charge in [0.25, 0.3) is 0 Å². The van der Waals surface area contributed by atoms with Crippen LogP contribution in [-0.2, 0) is 0 Å². The Balaban J connectivity index is 3.16. The van der Waals surface area contributed by atoms with E-state index in [2.05, 4.69) is 48.5 Å². The van der Waals surface area contributed by atoms with Crippen LogP contribution in [0.5, 0.6) is 0 Å². The van der Waals surface area contributed by atoms with Crippen molar-refractivity contribution in [2.45, 2.75) is 52.8 Å². The van der Waals surface area contributed by atoms with Gasteiger partial charge in [0, 0.05) is 4.91 Å². The molecule has 0 saturated carbocycles. The summed E-state index contributed by atoms with van der Waals surface area (Å²) in [6, 6.07) is 0. The van der Waals surface area contributed by atoms with Crippen LogP contribution in [0.3, 0.4) is 0 Å². The third kappa shape index (κ3) is 2.93. The van der Waals surface area contributed by atoms with Crippen LogP contribution in [0.25, 0.3) is 0 Å². The average Bonchev–Trinajstić information content (AvgIpc) is 1.99. The minimum absolute atomic E-state index is 0.216. The maximum atomic E-state index is 4.75. The summed E-state index contributed by atoms with van der Waals surface area (Å²) in [5, 5.41) is 0.252. The quantitative estimate of drug-likeness (QED) is 0.506. The molecular formula is C13H23BS. The summed E-state index contributed by atoms with van der Waals surface area (Å²) < 4.78 is 0. The molecule has 0 aliphatic heterocycles. The van der Waals surface area contributed by atoms with Crippen LogP contribution in [0.15, 0.2) is 22.1 Å². The topological polar surface area (TPSA) is 0 Å². The predicted molar refractivity (Wildman–Crippen MR) is 75.4 cm³/mol. The standard InChI is InChI=1S/C13H23BS/c1-12(2,3)9-7-6-8-10(11(9)15)13(4,5)14/h7,15H,6,8,14H2,1-5H3. The molecule has 0 radical (unpaired) electrons. The van der Waals surface area contributed by atoms with Gasteiger partial charge < -0.3 is 0 Å². The summed E-state index contributed by atoms with van der Waals surface area (Å²) in [5.74, 6) is 0. The fourth-order valence-electron chi connectivity index (χ4n) is 2.13. The minimum atomic E-state index is 0.216. The lowest BCUT2D eigenvalue weighted by atomic mass is 9.63. The Kier molecular flexibility index (Phi) is 3.50. The summed E-state index contributed by atoms with van der Waals surface area (Å²) in [5.41, 5.74) is 3.15. The van der Waals surface area contributed by atoms with Gasteiger partial charge in [0.15, 0.2) is 0 Å². The molecule has 15 heavy (non-hydrogen) atoms. The predicted octanol–water partition coefficient (Wildman–Crippen LogP) is 3.77. The molecule has 0 spiro atoms. The van der Waals surface area contributed by atoms with E-state index in [0.29, 0.717) is 0 Å². The van der Waals surface area contributed by atoms with E-state index in [1.165, 1.54) is 28.9 Å². The Bertz CT molecular complexity index is 310.